The van der Waals surface area contributed by atoms with Crippen LogP contribution in [0.15, 0.2) is 64.2 Å². The Labute approximate surface area is 187 Å². The van der Waals surface area contributed by atoms with E-state index in [9.17, 15) is 4.39 Å². The lowest BCUT2D eigenvalue weighted by Gasteiger charge is -2.38. The second kappa shape index (κ2) is 9.96. The van der Waals surface area contributed by atoms with Crippen molar-refractivity contribution in [3.05, 3.63) is 77.4 Å². The number of nitrogens with one attached hydrogen (secondary N) is 2. The number of aryl methyl sites for hydroxylation is 1. The molecular weight excluding hydrogens is 407 g/mol. The molecule has 168 valence electrons. The number of nitrogens with zero attached hydrogens (tertiary/aromatic N) is 2. The molecule has 32 heavy (non-hydrogen) atoms. The van der Waals surface area contributed by atoms with Crippen molar-refractivity contribution in [3.63, 3.8) is 0 Å². The first-order valence-corrected chi connectivity index (χ1v) is 10.9. The van der Waals surface area contributed by atoms with Crippen LogP contribution in [0, 0.1) is 12.7 Å². The molecule has 1 aliphatic heterocycles. The molecule has 2 heterocycles. The van der Waals surface area contributed by atoms with Gasteiger partial charge in [-0.25, -0.2) is 9.37 Å². The van der Waals surface area contributed by atoms with Crippen molar-refractivity contribution in [2.75, 3.05) is 26.8 Å². The second-order valence-electron chi connectivity index (χ2n) is 8.19. The van der Waals surface area contributed by atoms with E-state index in [-0.39, 0.29) is 11.2 Å². The summed E-state index contributed by atoms with van der Waals surface area (Å²) in [5.74, 6) is 1.04. The molecule has 0 amide bonds. The third kappa shape index (κ3) is 5.16. The molecule has 7 heteroatoms. The summed E-state index contributed by atoms with van der Waals surface area (Å²) in [6.45, 7) is 4.47. The molecule has 1 saturated heterocycles. The van der Waals surface area contributed by atoms with E-state index in [0.717, 1.165) is 29.7 Å². The van der Waals surface area contributed by atoms with Gasteiger partial charge in [0.05, 0.1) is 12.2 Å². The minimum absolute atomic E-state index is 0.204. The van der Waals surface area contributed by atoms with Gasteiger partial charge in [-0.2, -0.15) is 0 Å². The minimum Gasteiger partial charge on any atom is -0.444 e. The Hall–Kier alpha value is -3.19. The highest BCUT2D eigenvalue weighted by Crippen LogP contribution is 2.34. The van der Waals surface area contributed by atoms with Crippen LogP contribution >= 0.6 is 0 Å². The fourth-order valence-corrected chi connectivity index (χ4v) is 4.01. The Kier molecular flexibility index (Phi) is 6.85. The summed E-state index contributed by atoms with van der Waals surface area (Å²) < 4.78 is 25.1. The lowest BCUT2D eigenvalue weighted by molar-refractivity contribution is 0.0513. The molecule has 1 aliphatic rings. The summed E-state index contributed by atoms with van der Waals surface area (Å²) in [7, 11) is 1.73. The molecule has 0 aliphatic carbocycles. The lowest BCUT2D eigenvalue weighted by Crippen LogP contribution is -2.48. The van der Waals surface area contributed by atoms with Crippen LogP contribution in [0.1, 0.15) is 29.7 Å². The molecule has 0 saturated carbocycles. The van der Waals surface area contributed by atoms with E-state index in [0.29, 0.717) is 38.2 Å². The predicted molar refractivity (Wildman–Crippen MR) is 123 cm³/mol. The van der Waals surface area contributed by atoms with Gasteiger partial charge >= 0.3 is 0 Å². The van der Waals surface area contributed by atoms with Gasteiger partial charge in [0, 0.05) is 37.8 Å². The van der Waals surface area contributed by atoms with Gasteiger partial charge in [-0.05, 0) is 49.6 Å². The van der Waals surface area contributed by atoms with E-state index < -0.39 is 0 Å². The number of aliphatic imine (C=N–C) groups is 1. The van der Waals surface area contributed by atoms with Crippen LogP contribution < -0.4 is 10.6 Å². The minimum atomic E-state index is -0.216. The molecule has 3 aromatic rings. The van der Waals surface area contributed by atoms with E-state index in [4.69, 9.17) is 9.15 Å². The van der Waals surface area contributed by atoms with Crippen molar-refractivity contribution in [2.24, 2.45) is 4.99 Å². The molecule has 0 unspecified atom stereocenters. The summed E-state index contributed by atoms with van der Waals surface area (Å²) in [6, 6.07) is 14.9. The normalized spacial score (nSPS) is 16.0. The largest absolute Gasteiger partial charge is 0.444 e. The Balaban J connectivity index is 1.38. The summed E-state index contributed by atoms with van der Waals surface area (Å²) in [6.07, 6.45) is 3.30. The first-order chi connectivity index (χ1) is 15.6. The van der Waals surface area contributed by atoms with Crippen LogP contribution in [0.5, 0.6) is 0 Å². The van der Waals surface area contributed by atoms with Crippen LogP contribution in [0.3, 0.4) is 0 Å². The van der Waals surface area contributed by atoms with Gasteiger partial charge in [0.1, 0.15) is 12.1 Å². The molecule has 4 rings (SSSR count). The Morgan fingerprint density at radius 3 is 2.62 bits per heavy atom. The first kappa shape index (κ1) is 22.0. The molecule has 1 fully saturated rings. The number of aromatic nitrogens is 1. The van der Waals surface area contributed by atoms with Crippen LogP contribution in [-0.2, 0) is 16.7 Å². The molecule has 2 aromatic carbocycles. The first-order valence-electron chi connectivity index (χ1n) is 10.9. The van der Waals surface area contributed by atoms with Gasteiger partial charge < -0.3 is 19.8 Å². The van der Waals surface area contributed by atoms with Gasteiger partial charge in [-0.15, -0.1) is 0 Å². The van der Waals surface area contributed by atoms with E-state index in [1.807, 2.05) is 37.3 Å². The summed E-state index contributed by atoms with van der Waals surface area (Å²) in [5, 5.41) is 6.71. The Bertz CT molecular complexity index is 1060. The summed E-state index contributed by atoms with van der Waals surface area (Å²) in [5.41, 5.74) is 3.71. The molecule has 0 bridgehead atoms. The van der Waals surface area contributed by atoms with Gasteiger partial charge in [-0.1, -0.05) is 29.8 Å². The molecule has 0 radical (unpaired) electrons. The number of guanidine groups is 1. The zero-order chi connectivity index (χ0) is 22.4. The standard InChI is InChI=1S/C25H29FN4O2/c1-18-6-8-19(9-7-18)23-30-22(16-32-23)15-28-24(27-2)29-17-25(10-12-31-13-11-25)20-4-3-5-21(26)14-20/h3-9,14,16H,10-13,15,17H2,1-2H3,(H2,27,28,29). The summed E-state index contributed by atoms with van der Waals surface area (Å²) in [4.78, 5) is 8.90. The number of benzene rings is 2. The zero-order valence-corrected chi connectivity index (χ0v) is 18.5. The van der Waals surface area contributed by atoms with E-state index in [1.165, 1.54) is 11.6 Å². The van der Waals surface area contributed by atoms with Gasteiger partial charge in [0.15, 0.2) is 5.96 Å². The number of rotatable bonds is 6. The van der Waals surface area contributed by atoms with Crippen molar-refractivity contribution >= 4 is 5.96 Å². The average molecular weight is 437 g/mol. The van der Waals surface area contributed by atoms with Gasteiger partial charge in [0.25, 0.3) is 0 Å². The quantitative estimate of drug-likeness (QED) is 0.448. The Morgan fingerprint density at radius 2 is 1.91 bits per heavy atom. The van der Waals surface area contributed by atoms with Crippen LogP contribution in [0.25, 0.3) is 11.5 Å². The maximum Gasteiger partial charge on any atom is 0.226 e. The van der Waals surface area contributed by atoms with Crippen LogP contribution in [-0.4, -0.2) is 37.7 Å². The highest BCUT2D eigenvalue weighted by molar-refractivity contribution is 5.79. The number of hydrogen-bond donors (Lipinski definition) is 2. The van der Waals surface area contributed by atoms with E-state index >= 15 is 0 Å². The van der Waals surface area contributed by atoms with Crippen LogP contribution in [0.4, 0.5) is 4.39 Å². The van der Waals surface area contributed by atoms with Crippen molar-refractivity contribution < 1.29 is 13.5 Å². The van der Waals surface area contributed by atoms with Gasteiger partial charge in [-0.3, -0.25) is 4.99 Å². The maximum absolute atomic E-state index is 13.9. The Morgan fingerprint density at radius 1 is 1.12 bits per heavy atom. The highest BCUT2D eigenvalue weighted by Gasteiger charge is 2.35. The van der Waals surface area contributed by atoms with E-state index in [2.05, 4.69) is 20.6 Å². The predicted octanol–water partition coefficient (Wildman–Crippen LogP) is 4.20. The number of ether oxygens (including phenoxy) is 1. The fourth-order valence-electron chi connectivity index (χ4n) is 4.01. The molecular formula is C25H29FN4O2. The molecule has 6 nitrogen and oxygen atoms in total. The monoisotopic (exact) mass is 436 g/mol. The molecule has 0 spiro atoms. The maximum atomic E-state index is 13.9. The average Bonchev–Trinajstić information content (AvgIpc) is 3.29. The molecule has 1 aromatic heterocycles. The summed E-state index contributed by atoms with van der Waals surface area (Å²) >= 11 is 0. The van der Waals surface area contributed by atoms with Crippen molar-refractivity contribution in [1.82, 2.24) is 15.6 Å². The highest BCUT2D eigenvalue weighted by atomic mass is 19.1. The van der Waals surface area contributed by atoms with Crippen molar-refractivity contribution in [1.29, 1.82) is 0 Å². The number of halogens is 1. The van der Waals surface area contributed by atoms with E-state index in [1.54, 1.807) is 25.4 Å². The van der Waals surface area contributed by atoms with Gasteiger partial charge in [0.2, 0.25) is 5.89 Å². The third-order valence-corrected chi connectivity index (χ3v) is 5.99. The number of hydrogen-bond acceptors (Lipinski definition) is 4. The topological polar surface area (TPSA) is 71.7 Å². The smallest absolute Gasteiger partial charge is 0.226 e. The fraction of sp³-hybridized carbons (Fsp3) is 0.360. The molecule has 0 atom stereocenters. The second-order valence-corrected chi connectivity index (χ2v) is 8.19. The number of oxazole rings is 1. The SMILES string of the molecule is CN=C(NCc1coc(-c2ccc(C)cc2)n1)NCC1(c2cccc(F)c2)CCOCC1. The lowest BCUT2D eigenvalue weighted by atomic mass is 9.74. The van der Waals surface area contributed by atoms with Crippen LogP contribution in [0.2, 0.25) is 0 Å². The van der Waals surface area contributed by atoms with Crippen molar-refractivity contribution in [3.8, 4) is 11.5 Å². The third-order valence-electron chi connectivity index (χ3n) is 5.99. The molecule has 2 N–H and O–H groups in total. The zero-order valence-electron chi connectivity index (χ0n) is 18.5. The van der Waals surface area contributed by atoms with Crippen molar-refractivity contribution in [2.45, 2.75) is 31.7 Å².